The normalized spacial score (nSPS) is 10.6. The topological polar surface area (TPSA) is 37.3 Å². The second kappa shape index (κ2) is 5.22. The van der Waals surface area contributed by atoms with E-state index in [0.29, 0.717) is 11.0 Å². The summed E-state index contributed by atoms with van der Waals surface area (Å²) in [6.45, 7) is 9.19. The number of carbonyl (C=O) groups is 1. The summed E-state index contributed by atoms with van der Waals surface area (Å²) in [5, 5.41) is 9.98. The molecule has 0 saturated carbocycles. The lowest BCUT2D eigenvalue weighted by atomic mass is 9.81. The predicted molar refractivity (Wildman–Crippen MR) is 71.2 cm³/mol. The summed E-state index contributed by atoms with van der Waals surface area (Å²) in [7, 11) is 5.91. The molecule has 17 heavy (non-hydrogen) atoms. The molecule has 88 valence electrons. The van der Waals surface area contributed by atoms with E-state index in [2.05, 4.69) is 6.58 Å². The Labute approximate surface area is 104 Å². The third-order valence-electron chi connectivity index (χ3n) is 2.92. The summed E-state index contributed by atoms with van der Waals surface area (Å²) in [6, 6.07) is 1.81. The largest absolute Gasteiger partial charge is 0.507 e. The van der Waals surface area contributed by atoms with Crippen LogP contribution in [0.1, 0.15) is 36.5 Å². The molecule has 0 bridgehead atoms. The maximum absolute atomic E-state index is 11.4. The summed E-state index contributed by atoms with van der Waals surface area (Å²) < 4.78 is 0. The van der Waals surface area contributed by atoms with Gasteiger partial charge in [-0.15, -0.1) is 0 Å². The van der Waals surface area contributed by atoms with Crippen molar-refractivity contribution in [1.82, 2.24) is 0 Å². The molecule has 0 saturated heterocycles. The van der Waals surface area contributed by atoms with Gasteiger partial charge >= 0.3 is 0 Å². The smallest absolute Gasteiger partial charge is 0.159 e. The molecule has 0 aromatic heterocycles. The van der Waals surface area contributed by atoms with Gasteiger partial charge in [0.25, 0.3) is 0 Å². The molecule has 0 fully saturated rings. The van der Waals surface area contributed by atoms with Crippen molar-refractivity contribution in [3.8, 4) is 5.75 Å². The van der Waals surface area contributed by atoms with Gasteiger partial charge in [-0.3, -0.25) is 4.79 Å². The van der Waals surface area contributed by atoms with Gasteiger partial charge in [-0.1, -0.05) is 32.0 Å². The Balaban J connectivity index is 3.31. The summed E-state index contributed by atoms with van der Waals surface area (Å²) in [5.74, 6) is 0.343. The Morgan fingerprint density at radius 1 is 1.59 bits per heavy atom. The zero-order chi connectivity index (χ0) is 13.2. The lowest BCUT2D eigenvalue weighted by molar-refractivity contribution is -0.114. The van der Waals surface area contributed by atoms with Gasteiger partial charge in [0.2, 0.25) is 0 Å². The number of phenols is 1. The molecule has 1 aromatic carbocycles. The van der Waals surface area contributed by atoms with Crippen molar-refractivity contribution in [2.24, 2.45) is 0 Å². The van der Waals surface area contributed by atoms with Crippen LogP contribution in [0.15, 0.2) is 18.7 Å². The molecular formula is C14H17BO2. The third-order valence-corrected chi connectivity index (χ3v) is 2.92. The number of hydrogen-bond acceptors (Lipinski definition) is 2. The van der Waals surface area contributed by atoms with E-state index in [-0.39, 0.29) is 23.9 Å². The Morgan fingerprint density at radius 3 is 2.65 bits per heavy atom. The number of aromatic hydroxyl groups is 1. The van der Waals surface area contributed by atoms with Crippen molar-refractivity contribution < 1.29 is 9.90 Å². The van der Waals surface area contributed by atoms with Gasteiger partial charge in [-0.25, -0.2) is 0 Å². The molecule has 0 aliphatic rings. The lowest BCUT2D eigenvalue weighted by Gasteiger charge is -2.16. The standard InChI is InChI=1S/C14H17BO2/c1-5-11(16)6-10-7-12(8(2)3)14(17)9(4)13(10)15/h5,7-8,17H,1,6H2,2-4H3. The summed E-state index contributed by atoms with van der Waals surface area (Å²) in [5.41, 5.74) is 2.71. The highest BCUT2D eigenvalue weighted by Gasteiger charge is 2.14. The molecule has 2 nitrogen and oxygen atoms in total. The third kappa shape index (κ3) is 2.79. The second-order valence-electron chi connectivity index (χ2n) is 4.51. The average molecular weight is 228 g/mol. The number of carbonyl (C=O) groups excluding carboxylic acids is 1. The Morgan fingerprint density at radius 2 is 2.18 bits per heavy atom. The van der Waals surface area contributed by atoms with Gasteiger partial charge < -0.3 is 5.11 Å². The minimum Gasteiger partial charge on any atom is -0.507 e. The van der Waals surface area contributed by atoms with E-state index in [4.69, 9.17) is 7.85 Å². The SMILES string of the molecule is [B]c1c(CC(=O)C=C)cc(C(C)C)c(O)c1C. The monoisotopic (exact) mass is 228 g/mol. The fourth-order valence-electron chi connectivity index (χ4n) is 1.76. The zero-order valence-electron chi connectivity index (χ0n) is 10.6. The van der Waals surface area contributed by atoms with E-state index in [1.54, 1.807) is 6.92 Å². The van der Waals surface area contributed by atoms with Gasteiger partial charge in [0.1, 0.15) is 13.6 Å². The maximum atomic E-state index is 11.4. The van der Waals surface area contributed by atoms with Crippen LogP contribution in [-0.2, 0) is 11.2 Å². The van der Waals surface area contributed by atoms with E-state index < -0.39 is 0 Å². The molecular weight excluding hydrogens is 211 g/mol. The first kappa shape index (κ1) is 13.6. The van der Waals surface area contributed by atoms with Gasteiger partial charge in [0, 0.05) is 6.42 Å². The van der Waals surface area contributed by atoms with Gasteiger partial charge in [0.05, 0.1) is 0 Å². The molecule has 0 heterocycles. The van der Waals surface area contributed by atoms with E-state index in [1.165, 1.54) is 6.08 Å². The molecule has 0 spiro atoms. The van der Waals surface area contributed by atoms with Crippen LogP contribution in [0.2, 0.25) is 0 Å². The molecule has 1 rings (SSSR count). The first-order valence-electron chi connectivity index (χ1n) is 5.64. The Bertz CT molecular complexity index is 462. The van der Waals surface area contributed by atoms with Gasteiger partial charge in [-0.05, 0) is 35.6 Å². The van der Waals surface area contributed by atoms with Crippen molar-refractivity contribution in [3.05, 3.63) is 35.4 Å². The molecule has 3 heteroatoms. The van der Waals surface area contributed by atoms with Crippen LogP contribution < -0.4 is 5.46 Å². The van der Waals surface area contributed by atoms with Crippen LogP contribution in [0, 0.1) is 6.92 Å². The van der Waals surface area contributed by atoms with Crippen LogP contribution in [0.25, 0.3) is 0 Å². The van der Waals surface area contributed by atoms with Crippen molar-refractivity contribution in [2.75, 3.05) is 0 Å². The average Bonchev–Trinajstić information content (AvgIpc) is 2.29. The first-order chi connectivity index (χ1) is 7.88. The number of allylic oxidation sites excluding steroid dienone is 1. The highest BCUT2D eigenvalue weighted by Crippen LogP contribution is 2.28. The van der Waals surface area contributed by atoms with Crippen LogP contribution in [0.5, 0.6) is 5.75 Å². The number of benzene rings is 1. The fourth-order valence-corrected chi connectivity index (χ4v) is 1.76. The number of ketones is 1. The van der Waals surface area contributed by atoms with Crippen molar-refractivity contribution in [1.29, 1.82) is 0 Å². The maximum Gasteiger partial charge on any atom is 0.159 e. The minimum atomic E-state index is -0.0727. The summed E-state index contributed by atoms with van der Waals surface area (Å²) >= 11 is 0. The van der Waals surface area contributed by atoms with E-state index >= 15 is 0 Å². The highest BCUT2D eigenvalue weighted by molar-refractivity contribution is 6.35. The van der Waals surface area contributed by atoms with Crippen molar-refractivity contribution in [3.63, 3.8) is 0 Å². The molecule has 0 amide bonds. The molecule has 0 atom stereocenters. The number of hydrogen-bond donors (Lipinski definition) is 1. The van der Waals surface area contributed by atoms with Crippen molar-refractivity contribution in [2.45, 2.75) is 33.1 Å². The summed E-state index contributed by atoms with van der Waals surface area (Å²) in [6.07, 6.45) is 1.52. The molecule has 0 aliphatic carbocycles. The summed E-state index contributed by atoms with van der Waals surface area (Å²) in [4.78, 5) is 11.4. The van der Waals surface area contributed by atoms with E-state index in [1.807, 2.05) is 19.9 Å². The van der Waals surface area contributed by atoms with Crippen LogP contribution in [0.3, 0.4) is 0 Å². The van der Waals surface area contributed by atoms with Crippen molar-refractivity contribution >= 4 is 19.1 Å². The fraction of sp³-hybridized carbons (Fsp3) is 0.357. The van der Waals surface area contributed by atoms with Gasteiger partial charge in [-0.2, -0.15) is 0 Å². The molecule has 0 unspecified atom stereocenters. The number of phenolic OH excluding ortho intramolecular Hbond substituents is 1. The van der Waals surface area contributed by atoms with Crippen LogP contribution >= 0.6 is 0 Å². The Hall–Kier alpha value is -1.51. The molecule has 0 aliphatic heterocycles. The highest BCUT2D eigenvalue weighted by atomic mass is 16.3. The van der Waals surface area contributed by atoms with E-state index in [0.717, 1.165) is 11.1 Å². The second-order valence-corrected chi connectivity index (χ2v) is 4.51. The first-order valence-corrected chi connectivity index (χ1v) is 5.64. The molecule has 1 aromatic rings. The molecule has 1 N–H and O–H groups in total. The minimum absolute atomic E-state index is 0.0727. The predicted octanol–water partition coefficient (Wildman–Crippen LogP) is 1.92. The van der Waals surface area contributed by atoms with E-state index in [9.17, 15) is 9.90 Å². The number of rotatable bonds is 4. The lowest BCUT2D eigenvalue weighted by Crippen LogP contribution is -2.18. The van der Waals surface area contributed by atoms with Gasteiger partial charge in [0.15, 0.2) is 5.78 Å². The van der Waals surface area contributed by atoms with Crippen LogP contribution in [-0.4, -0.2) is 18.7 Å². The molecule has 2 radical (unpaired) electrons. The Kier molecular flexibility index (Phi) is 4.16. The van der Waals surface area contributed by atoms with Crippen LogP contribution in [0.4, 0.5) is 0 Å². The quantitative estimate of drug-likeness (QED) is 0.631. The zero-order valence-corrected chi connectivity index (χ0v) is 10.6.